The first-order chi connectivity index (χ1) is 8.00. The van der Waals surface area contributed by atoms with Crippen LogP contribution in [-0.2, 0) is 10.0 Å². The fraction of sp³-hybridized carbons (Fsp3) is 0.500. The minimum absolute atomic E-state index is 0.0698. The van der Waals surface area contributed by atoms with E-state index in [9.17, 15) is 12.8 Å². The van der Waals surface area contributed by atoms with Crippen molar-refractivity contribution in [1.29, 1.82) is 0 Å². The van der Waals surface area contributed by atoms with Crippen LogP contribution in [0.4, 0.5) is 4.39 Å². The van der Waals surface area contributed by atoms with Crippen LogP contribution >= 0.6 is 0 Å². The Labute approximate surface area is 101 Å². The van der Waals surface area contributed by atoms with Gasteiger partial charge in [0.2, 0.25) is 10.0 Å². The van der Waals surface area contributed by atoms with Crippen LogP contribution in [0, 0.1) is 11.7 Å². The number of benzene rings is 1. The predicted octanol–water partition coefficient (Wildman–Crippen LogP) is 2.29. The van der Waals surface area contributed by atoms with Gasteiger partial charge in [-0.05, 0) is 30.9 Å². The van der Waals surface area contributed by atoms with Gasteiger partial charge in [-0.15, -0.1) is 0 Å². The number of halogens is 1. The number of sulfonamides is 1. The molecule has 3 nitrogen and oxygen atoms in total. The van der Waals surface area contributed by atoms with E-state index in [1.54, 1.807) is 0 Å². The van der Waals surface area contributed by atoms with Gasteiger partial charge in [0.05, 0.1) is 0 Å². The van der Waals surface area contributed by atoms with Crippen molar-refractivity contribution in [2.75, 3.05) is 0 Å². The minimum Gasteiger partial charge on any atom is -0.208 e. The molecule has 94 valence electrons. The van der Waals surface area contributed by atoms with Gasteiger partial charge in [-0.3, -0.25) is 0 Å². The summed E-state index contributed by atoms with van der Waals surface area (Å²) in [6.45, 7) is 2.02. The second-order valence-corrected chi connectivity index (χ2v) is 6.25. The summed E-state index contributed by atoms with van der Waals surface area (Å²) in [6.07, 6.45) is 2.87. The summed E-state index contributed by atoms with van der Waals surface area (Å²) in [5.74, 6) is -0.387. The zero-order chi connectivity index (χ0) is 12.5. The highest BCUT2D eigenvalue weighted by Crippen LogP contribution is 2.26. The van der Waals surface area contributed by atoms with E-state index >= 15 is 0 Å². The Hall–Kier alpha value is -0.940. The van der Waals surface area contributed by atoms with Crippen LogP contribution in [0.5, 0.6) is 0 Å². The van der Waals surface area contributed by atoms with E-state index in [4.69, 9.17) is 0 Å². The monoisotopic (exact) mass is 257 g/mol. The Morgan fingerprint density at radius 1 is 1.29 bits per heavy atom. The third kappa shape index (κ3) is 2.66. The summed E-state index contributed by atoms with van der Waals surface area (Å²) >= 11 is 0. The molecule has 1 saturated carbocycles. The molecule has 2 unspecified atom stereocenters. The molecule has 1 aliphatic carbocycles. The summed E-state index contributed by atoms with van der Waals surface area (Å²) in [4.78, 5) is -0.265. The van der Waals surface area contributed by atoms with Gasteiger partial charge in [-0.1, -0.05) is 25.5 Å². The number of rotatable bonds is 3. The lowest BCUT2D eigenvalue weighted by atomic mass is 10.1. The maximum Gasteiger partial charge on any atom is 0.243 e. The molecule has 5 heteroatoms. The summed E-state index contributed by atoms with van der Waals surface area (Å²) in [5.41, 5.74) is 0. The first kappa shape index (κ1) is 12.5. The molecule has 1 aromatic carbocycles. The predicted molar refractivity (Wildman–Crippen MR) is 63.5 cm³/mol. The van der Waals surface area contributed by atoms with Crippen molar-refractivity contribution in [1.82, 2.24) is 4.72 Å². The zero-order valence-corrected chi connectivity index (χ0v) is 10.5. The van der Waals surface area contributed by atoms with Crippen LogP contribution in [-0.4, -0.2) is 14.5 Å². The summed E-state index contributed by atoms with van der Waals surface area (Å²) in [5, 5.41) is 0. The number of hydrogen-bond donors (Lipinski definition) is 1. The van der Waals surface area contributed by atoms with E-state index in [0.29, 0.717) is 5.92 Å². The number of hydrogen-bond acceptors (Lipinski definition) is 2. The molecule has 1 fully saturated rings. The molecular formula is C12H16FNO2S. The van der Waals surface area contributed by atoms with E-state index in [1.165, 1.54) is 18.2 Å². The molecule has 0 saturated heterocycles. The Balaban J connectivity index is 2.22. The normalized spacial score (nSPS) is 25.1. The largest absolute Gasteiger partial charge is 0.243 e. The molecule has 1 aliphatic rings. The lowest BCUT2D eigenvalue weighted by molar-refractivity contribution is 0.473. The third-order valence-electron chi connectivity index (χ3n) is 3.29. The quantitative estimate of drug-likeness (QED) is 0.903. The number of nitrogens with one attached hydrogen (secondary N) is 1. The second-order valence-electron chi connectivity index (χ2n) is 4.57. The van der Waals surface area contributed by atoms with Gasteiger partial charge in [-0.25, -0.2) is 17.5 Å². The van der Waals surface area contributed by atoms with Crippen LogP contribution in [0.2, 0.25) is 0 Å². The smallest absolute Gasteiger partial charge is 0.208 e. The molecular weight excluding hydrogens is 241 g/mol. The molecule has 0 radical (unpaired) electrons. The van der Waals surface area contributed by atoms with Crippen LogP contribution in [0.1, 0.15) is 26.2 Å². The molecule has 17 heavy (non-hydrogen) atoms. The van der Waals surface area contributed by atoms with Crippen molar-refractivity contribution in [2.45, 2.75) is 37.1 Å². The Kier molecular flexibility index (Phi) is 3.49. The highest BCUT2D eigenvalue weighted by atomic mass is 32.2. The van der Waals surface area contributed by atoms with Crippen molar-refractivity contribution in [2.24, 2.45) is 5.92 Å². The van der Waals surface area contributed by atoms with Gasteiger partial charge in [0, 0.05) is 6.04 Å². The highest BCUT2D eigenvalue weighted by molar-refractivity contribution is 7.89. The molecule has 0 heterocycles. The lowest BCUT2D eigenvalue weighted by Gasteiger charge is -2.17. The van der Waals surface area contributed by atoms with E-state index < -0.39 is 15.8 Å². The van der Waals surface area contributed by atoms with Crippen LogP contribution in [0.3, 0.4) is 0 Å². The van der Waals surface area contributed by atoms with Crippen molar-refractivity contribution in [3.05, 3.63) is 30.1 Å². The van der Waals surface area contributed by atoms with E-state index in [0.717, 1.165) is 25.3 Å². The average molecular weight is 257 g/mol. The van der Waals surface area contributed by atoms with E-state index in [1.807, 2.05) is 6.92 Å². The van der Waals surface area contributed by atoms with Crippen LogP contribution in [0.15, 0.2) is 29.2 Å². The maximum absolute atomic E-state index is 13.4. The summed E-state index contributed by atoms with van der Waals surface area (Å²) in [6, 6.07) is 5.38. The molecule has 0 spiro atoms. The molecule has 1 aromatic rings. The molecule has 0 bridgehead atoms. The SMILES string of the molecule is CC1CCCC1NS(=O)(=O)c1ccccc1F. The summed E-state index contributed by atoms with van der Waals surface area (Å²) < 4.78 is 40.0. The van der Waals surface area contributed by atoms with Crippen molar-refractivity contribution >= 4 is 10.0 Å². The zero-order valence-electron chi connectivity index (χ0n) is 9.69. The third-order valence-corrected chi connectivity index (χ3v) is 4.82. The second kappa shape index (κ2) is 4.74. The molecule has 2 rings (SSSR count). The van der Waals surface area contributed by atoms with Gasteiger partial charge in [0.1, 0.15) is 10.7 Å². The first-order valence-corrected chi connectivity index (χ1v) is 7.26. The molecule has 0 amide bonds. The molecule has 0 aromatic heterocycles. The van der Waals surface area contributed by atoms with Crippen molar-refractivity contribution in [3.8, 4) is 0 Å². The fourth-order valence-corrected chi connectivity index (χ4v) is 3.70. The highest BCUT2D eigenvalue weighted by Gasteiger charge is 2.29. The Morgan fingerprint density at radius 2 is 2.00 bits per heavy atom. The van der Waals surface area contributed by atoms with Gasteiger partial charge < -0.3 is 0 Å². The van der Waals surface area contributed by atoms with Gasteiger partial charge in [-0.2, -0.15) is 0 Å². The summed E-state index contributed by atoms with van der Waals surface area (Å²) in [7, 11) is -3.73. The van der Waals surface area contributed by atoms with Gasteiger partial charge in [0.15, 0.2) is 0 Å². The van der Waals surface area contributed by atoms with Gasteiger partial charge >= 0.3 is 0 Å². The topological polar surface area (TPSA) is 46.2 Å². The molecule has 2 atom stereocenters. The first-order valence-electron chi connectivity index (χ1n) is 5.77. The molecule has 0 aliphatic heterocycles. The van der Waals surface area contributed by atoms with E-state index in [-0.39, 0.29) is 10.9 Å². The Morgan fingerprint density at radius 3 is 2.59 bits per heavy atom. The maximum atomic E-state index is 13.4. The fourth-order valence-electron chi connectivity index (χ4n) is 2.25. The van der Waals surface area contributed by atoms with Gasteiger partial charge in [0.25, 0.3) is 0 Å². The lowest BCUT2D eigenvalue weighted by Crippen LogP contribution is -2.36. The Bertz CT molecular complexity index is 501. The van der Waals surface area contributed by atoms with Crippen LogP contribution < -0.4 is 4.72 Å². The average Bonchev–Trinajstić information content (AvgIpc) is 2.64. The van der Waals surface area contributed by atoms with Crippen LogP contribution in [0.25, 0.3) is 0 Å². The standard InChI is InChI=1S/C12H16FNO2S/c1-9-5-4-7-11(9)14-17(15,16)12-8-3-2-6-10(12)13/h2-3,6,8-9,11,14H,4-5,7H2,1H3. The van der Waals surface area contributed by atoms with Crippen molar-refractivity contribution < 1.29 is 12.8 Å². The van der Waals surface area contributed by atoms with Crippen molar-refractivity contribution in [3.63, 3.8) is 0 Å². The molecule has 1 N–H and O–H groups in total. The minimum atomic E-state index is -3.73. The van der Waals surface area contributed by atoms with E-state index in [2.05, 4.69) is 4.72 Å².